The number of ether oxygens (including phenoxy) is 3. The number of halogens is 2. The van der Waals surface area contributed by atoms with E-state index in [1.807, 2.05) is 56.0 Å². The summed E-state index contributed by atoms with van der Waals surface area (Å²) in [5, 5.41) is 2.82. The van der Waals surface area contributed by atoms with Crippen molar-refractivity contribution in [3.8, 4) is 5.75 Å². The van der Waals surface area contributed by atoms with E-state index in [1.54, 1.807) is 0 Å². The van der Waals surface area contributed by atoms with E-state index in [4.69, 9.17) is 14.2 Å². The summed E-state index contributed by atoms with van der Waals surface area (Å²) in [5.41, 5.74) is 0.246. The highest BCUT2D eigenvalue weighted by Gasteiger charge is 2.54. The van der Waals surface area contributed by atoms with E-state index in [1.165, 1.54) is 6.07 Å². The first kappa shape index (κ1) is 29.3. The fourth-order valence-corrected chi connectivity index (χ4v) is 6.28. The molecule has 2 amide bonds. The summed E-state index contributed by atoms with van der Waals surface area (Å²) < 4.78 is 44.9. The summed E-state index contributed by atoms with van der Waals surface area (Å²) in [6.45, 7) is 8.20. The molecular weight excluding hydrogens is 532 g/mol. The largest absolute Gasteiger partial charge is 0.487 e. The van der Waals surface area contributed by atoms with Crippen LogP contribution in [0.15, 0.2) is 48.5 Å². The van der Waals surface area contributed by atoms with Gasteiger partial charge >= 0.3 is 6.09 Å². The predicted octanol–water partition coefficient (Wildman–Crippen LogP) is 4.52. The average Bonchev–Trinajstić information content (AvgIpc) is 3.54. The molecule has 0 spiro atoms. The van der Waals surface area contributed by atoms with E-state index in [0.29, 0.717) is 26.3 Å². The van der Waals surface area contributed by atoms with Crippen LogP contribution in [0.5, 0.6) is 5.75 Å². The molecule has 0 aromatic heterocycles. The van der Waals surface area contributed by atoms with E-state index >= 15 is 0 Å². The first-order valence-corrected chi connectivity index (χ1v) is 14.3. The number of fused-ring (bicyclic) bond motifs is 1. The second kappa shape index (κ2) is 12.3. The Morgan fingerprint density at radius 2 is 1.78 bits per heavy atom. The molecule has 1 N–H and O–H groups in total. The summed E-state index contributed by atoms with van der Waals surface area (Å²) >= 11 is 0. The monoisotopic (exact) mass is 571 g/mol. The Bertz CT molecular complexity index is 1220. The molecule has 3 saturated heterocycles. The molecule has 0 bridgehead atoms. The molecule has 1 unspecified atom stereocenters. The number of alkyl carbamates (subject to hydrolysis) is 1. The number of hydrogen-bond donors (Lipinski definition) is 1. The van der Waals surface area contributed by atoms with Crippen molar-refractivity contribution in [2.45, 2.75) is 76.9 Å². The Hall–Kier alpha value is -3.24. The molecule has 3 fully saturated rings. The van der Waals surface area contributed by atoms with Gasteiger partial charge in [0.1, 0.15) is 24.5 Å². The van der Waals surface area contributed by atoms with Crippen molar-refractivity contribution in [1.82, 2.24) is 15.1 Å². The number of amides is 2. The fourth-order valence-electron chi connectivity index (χ4n) is 6.28. The quantitative estimate of drug-likeness (QED) is 0.527. The van der Waals surface area contributed by atoms with Gasteiger partial charge in [-0.15, -0.1) is 0 Å². The minimum atomic E-state index is -0.983. The summed E-state index contributed by atoms with van der Waals surface area (Å²) in [4.78, 5) is 31.2. The molecule has 222 valence electrons. The number of nitrogens with one attached hydrogen (secondary N) is 1. The van der Waals surface area contributed by atoms with Crippen LogP contribution in [0.2, 0.25) is 0 Å². The molecular formula is C31H39F2N3O5. The predicted molar refractivity (Wildman–Crippen MR) is 148 cm³/mol. The van der Waals surface area contributed by atoms with Crippen molar-refractivity contribution in [3.63, 3.8) is 0 Å². The van der Waals surface area contributed by atoms with Gasteiger partial charge in [0, 0.05) is 44.5 Å². The second-order valence-corrected chi connectivity index (χ2v) is 12.2. The zero-order chi connectivity index (χ0) is 29.1. The lowest BCUT2D eigenvalue weighted by Crippen LogP contribution is -2.58. The van der Waals surface area contributed by atoms with Crippen LogP contribution in [0.1, 0.15) is 45.6 Å². The summed E-state index contributed by atoms with van der Waals surface area (Å²) in [6, 6.07) is 12.0. The first-order chi connectivity index (χ1) is 19.6. The number of benzene rings is 2. The maximum atomic E-state index is 14.2. The van der Waals surface area contributed by atoms with Crippen LogP contribution >= 0.6 is 0 Å². The highest BCUT2D eigenvalue weighted by molar-refractivity contribution is 5.87. The molecule has 0 aliphatic carbocycles. The Morgan fingerprint density at radius 3 is 2.46 bits per heavy atom. The minimum absolute atomic E-state index is 0.0444. The summed E-state index contributed by atoms with van der Waals surface area (Å²) in [5.74, 6) is -1.92. The molecule has 2 aromatic carbocycles. The van der Waals surface area contributed by atoms with Crippen molar-refractivity contribution in [1.29, 1.82) is 0 Å². The maximum Gasteiger partial charge on any atom is 0.408 e. The normalized spacial score (nSPS) is 24.1. The van der Waals surface area contributed by atoms with Gasteiger partial charge in [-0.2, -0.15) is 0 Å². The highest BCUT2D eigenvalue weighted by atomic mass is 19.2. The molecule has 0 radical (unpaired) electrons. The number of rotatable bonds is 7. The van der Waals surface area contributed by atoms with Crippen molar-refractivity contribution < 1.29 is 32.6 Å². The summed E-state index contributed by atoms with van der Waals surface area (Å²) in [7, 11) is 0. The molecule has 41 heavy (non-hydrogen) atoms. The molecule has 4 atom stereocenters. The maximum absolute atomic E-state index is 14.2. The molecule has 5 rings (SSSR count). The number of nitrogens with zero attached hydrogens (tertiary/aromatic N) is 2. The number of hydrogen-bond acceptors (Lipinski definition) is 6. The third-order valence-corrected chi connectivity index (χ3v) is 8.33. The van der Waals surface area contributed by atoms with Crippen LogP contribution in [-0.4, -0.2) is 78.4 Å². The highest BCUT2D eigenvalue weighted by Crippen LogP contribution is 2.38. The van der Waals surface area contributed by atoms with Gasteiger partial charge in [0.2, 0.25) is 5.91 Å². The Balaban J connectivity index is 1.35. The van der Waals surface area contributed by atoms with Crippen molar-refractivity contribution >= 4 is 12.0 Å². The lowest BCUT2D eigenvalue weighted by Gasteiger charge is -2.37. The Labute approximate surface area is 239 Å². The topological polar surface area (TPSA) is 80.3 Å². The number of carbonyl (C=O) groups is 2. The van der Waals surface area contributed by atoms with Gasteiger partial charge in [-0.3, -0.25) is 9.69 Å². The third kappa shape index (κ3) is 6.64. The first-order valence-electron chi connectivity index (χ1n) is 14.3. The van der Waals surface area contributed by atoms with E-state index in [0.717, 1.165) is 37.0 Å². The summed E-state index contributed by atoms with van der Waals surface area (Å²) in [6.07, 6.45) is 1.40. The van der Waals surface area contributed by atoms with Gasteiger partial charge in [0.25, 0.3) is 0 Å². The molecule has 3 aliphatic rings. The van der Waals surface area contributed by atoms with Gasteiger partial charge in [0.15, 0.2) is 11.6 Å². The van der Waals surface area contributed by atoms with Crippen molar-refractivity contribution in [3.05, 3.63) is 65.7 Å². The van der Waals surface area contributed by atoms with Crippen LogP contribution in [0.3, 0.4) is 0 Å². The Morgan fingerprint density at radius 1 is 1.05 bits per heavy atom. The van der Waals surface area contributed by atoms with Crippen LogP contribution in [0.25, 0.3) is 0 Å². The smallest absolute Gasteiger partial charge is 0.408 e. The standard InChI is InChI=1S/C31H39F2N3O5/c1-31(2,3)28(34-30(38)40-19-20-7-5-4-6-8-20)29(37)35-14-11-25-27(35)26(18-36(25)21-12-15-39-16-13-21)41-22-9-10-23(32)24(33)17-22/h4-10,17,21,25-28H,11-16,18-19H2,1-3H3,(H,34,38)/t25-,26+,27?,28-/m1/s1. The number of carbonyl (C=O) groups excluding carboxylic acids is 2. The van der Waals surface area contributed by atoms with Gasteiger partial charge in [-0.05, 0) is 42.4 Å². The Kier molecular flexibility index (Phi) is 8.79. The molecule has 3 aliphatic heterocycles. The van der Waals surface area contributed by atoms with Crippen LogP contribution in [0.4, 0.5) is 13.6 Å². The van der Waals surface area contributed by atoms with Gasteiger partial charge in [-0.1, -0.05) is 51.1 Å². The van der Waals surface area contributed by atoms with Crippen LogP contribution in [0, 0.1) is 17.0 Å². The van der Waals surface area contributed by atoms with E-state index in [9.17, 15) is 18.4 Å². The van der Waals surface area contributed by atoms with E-state index in [2.05, 4.69) is 10.2 Å². The molecule has 8 nitrogen and oxygen atoms in total. The number of likely N-dealkylation sites (tertiary alicyclic amines) is 2. The van der Waals surface area contributed by atoms with Gasteiger partial charge in [0.05, 0.1) is 6.04 Å². The fraction of sp³-hybridized carbons (Fsp3) is 0.548. The van der Waals surface area contributed by atoms with Crippen molar-refractivity contribution in [2.75, 3.05) is 26.3 Å². The molecule has 10 heteroatoms. The minimum Gasteiger partial charge on any atom is -0.487 e. The second-order valence-electron chi connectivity index (χ2n) is 12.2. The van der Waals surface area contributed by atoms with E-state index < -0.39 is 35.3 Å². The molecule has 0 saturated carbocycles. The molecule has 2 aromatic rings. The van der Waals surface area contributed by atoms with Crippen LogP contribution < -0.4 is 10.1 Å². The average molecular weight is 572 g/mol. The SMILES string of the molecule is CC(C)(C)[C@H](NC(=O)OCc1ccccc1)C(=O)N1CC[C@@H]2C1[C@@H](Oc1ccc(F)c(F)c1)CN2C1CCOCC1. The zero-order valence-electron chi connectivity index (χ0n) is 23.9. The molecule has 3 heterocycles. The third-order valence-electron chi connectivity index (χ3n) is 8.33. The van der Waals surface area contributed by atoms with Gasteiger partial charge < -0.3 is 24.4 Å². The van der Waals surface area contributed by atoms with Crippen LogP contribution in [-0.2, 0) is 20.9 Å². The van der Waals surface area contributed by atoms with E-state index in [-0.39, 0.29) is 36.4 Å². The van der Waals surface area contributed by atoms with Gasteiger partial charge in [-0.25, -0.2) is 13.6 Å². The zero-order valence-corrected chi connectivity index (χ0v) is 23.9. The van der Waals surface area contributed by atoms with Crippen molar-refractivity contribution in [2.24, 2.45) is 5.41 Å². The lowest BCUT2D eigenvalue weighted by atomic mass is 9.85. The lowest BCUT2D eigenvalue weighted by molar-refractivity contribution is -0.138.